The maximum absolute atomic E-state index is 9.00. The topological polar surface area (TPSA) is 45.5 Å². The number of ether oxygens (including phenoxy) is 2. The van der Waals surface area contributed by atoms with E-state index in [4.69, 9.17) is 14.7 Å². The highest BCUT2D eigenvalue weighted by molar-refractivity contribution is 5.42. The van der Waals surface area contributed by atoms with Gasteiger partial charge < -0.3 is 9.47 Å². The van der Waals surface area contributed by atoms with Gasteiger partial charge in [-0.25, -0.2) is 0 Å². The van der Waals surface area contributed by atoms with Gasteiger partial charge in [0, 0.05) is 25.2 Å². The molecule has 2 aliphatic rings. The number of nitrogens with zero attached hydrogens (tertiary/aromatic N) is 2. The summed E-state index contributed by atoms with van der Waals surface area (Å²) in [6.07, 6.45) is 3.14. The van der Waals surface area contributed by atoms with Gasteiger partial charge >= 0.3 is 0 Å². The Morgan fingerprint density at radius 3 is 2.74 bits per heavy atom. The van der Waals surface area contributed by atoms with Crippen LogP contribution < -0.4 is 4.74 Å². The van der Waals surface area contributed by atoms with Gasteiger partial charge in [-0.05, 0) is 31.0 Å². The van der Waals surface area contributed by atoms with Gasteiger partial charge in [-0.15, -0.1) is 0 Å². The summed E-state index contributed by atoms with van der Waals surface area (Å²) in [5.41, 5.74) is 1.77. The van der Waals surface area contributed by atoms with Gasteiger partial charge in [-0.3, -0.25) is 4.90 Å². The van der Waals surface area contributed by atoms with Crippen LogP contribution in [0.15, 0.2) is 18.2 Å². The van der Waals surface area contributed by atoms with Gasteiger partial charge in [0.1, 0.15) is 5.75 Å². The minimum Gasteiger partial charge on any atom is -0.496 e. The van der Waals surface area contributed by atoms with E-state index in [0.717, 1.165) is 30.9 Å². The Labute approximate surface area is 113 Å². The summed E-state index contributed by atoms with van der Waals surface area (Å²) in [5.74, 6) is 0.859. The molecular formula is C15H18N2O2. The number of hydrogen-bond acceptors (Lipinski definition) is 4. The van der Waals surface area contributed by atoms with Crippen molar-refractivity contribution in [3.8, 4) is 11.8 Å². The average molecular weight is 258 g/mol. The number of methoxy groups -OCH3 is 1. The molecule has 0 radical (unpaired) electrons. The Morgan fingerprint density at radius 1 is 1.37 bits per heavy atom. The molecule has 2 saturated heterocycles. The van der Waals surface area contributed by atoms with Crippen molar-refractivity contribution in [3.63, 3.8) is 0 Å². The molecule has 4 heteroatoms. The largest absolute Gasteiger partial charge is 0.496 e. The first-order valence-electron chi connectivity index (χ1n) is 6.73. The molecule has 19 heavy (non-hydrogen) atoms. The van der Waals surface area contributed by atoms with E-state index in [0.29, 0.717) is 17.8 Å². The van der Waals surface area contributed by atoms with Crippen molar-refractivity contribution in [1.29, 1.82) is 5.26 Å². The number of benzene rings is 1. The van der Waals surface area contributed by atoms with Gasteiger partial charge in [0.2, 0.25) is 0 Å². The summed E-state index contributed by atoms with van der Waals surface area (Å²) >= 11 is 0. The van der Waals surface area contributed by atoms with Crippen LogP contribution in [0.3, 0.4) is 0 Å². The lowest BCUT2D eigenvalue weighted by molar-refractivity contribution is -0.0412. The van der Waals surface area contributed by atoms with Crippen molar-refractivity contribution < 1.29 is 9.47 Å². The second kappa shape index (κ2) is 5.20. The summed E-state index contributed by atoms with van der Waals surface area (Å²) in [5, 5.41) is 9.00. The first kappa shape index (κ1) is 12.5. The molecule has 2 aliphatic heterocycles. The molecule has 0 saturated carbocycles. The number of likely N-dealkylation sites (tertiary alicyclic amines) is 1. The van der Waals surface area contributed by atoms with Crippen LogP contribution in [0.2, 0.25) is 0 Å². The SMILES string of the molecule is COc1ccc(C#N)cc1CN1CC2CCC(C1)O2. The molecule has 0 spiro atoms. The van der Waals surface area contributed by atoms with Crippen molar-refractivity contribution in [2.24, 2.45) is 0 Å². The molecule has 0 aliphatic carbocycles. The lowest BCUT2D eigenvalue weighted by atomic mass is 10.1. The lowest BCUT2D eigenvalue weighted by Crippen LogP contribution is -2.42. The number of nitriles is 1. The standard InChI is InChI=1S/C15H18N2O2/c1-18-15-5-2-11(7-16)6-12(15)8-17-9-13-3-4-14(10-17)19-13/h2,5-6,13-14H,3-4,8-10H2,1H3. The molecule has 0 amide bonds. The van der Waals surface area contributed by atoms with Gasteiger partial charge in [0.15, 0.2) is 0 Å². The summed E-state index contributed by atoms with van der Waals surface area (Å²) < 4.78 is 11.2. The third-order valence-corrected chi connectivity index (χ3v) is 3.92. The summed E-state index contributed by atoms with van der Waals surface area (Å²) in [4.78, 5) is 2.41. The summed E-state index contributed by atoms with van der Waals surface area (Å²) in [7, 11) is 1.67. The molecule has 2 bridgehead atoms. The third kappa shape index (κ3) is 2.58. The summed E-state index contributed by atoms with van der Waals surface area (Å²) in [6.45, 7) is 2.79. The summed E-state index contributed by atoms with van der Waals surface area (Å²) in [6, 6.07) is 7.79. The molecule has 2 fully saturated rings. The van der Waals surface area contributed by atoms with Gasteiger partial charge in [-0.2, -0.15) is 5.26 Å². The van der Waals surface area contributed by atoms with Crippen LogP contribution >= 0.6 is 0 Å². The molecule has 3 rings (SSSR count). The van der Waals surface area contributed by atoms with Crippen LogP contribution in [0, 0.1) is 11.3 Å². The number of rotatable bonds is 3. The fraction of sp³-hybridized carbons (Fsp3) is 0.533. The number of morpholine rings is 1. The highest BCUT2D eigenvalue weighted by Gasteiger charge is 2.33. The van der Waals surface area contributed by atoms with Gasteiger partial charge in [0.05, 0.1) is 31.0 Å². The molecule has 1 aromatic rings. The Balaban J connectivity index is 1.77. The molecule has 0 N–H and O–H groups in total. The van der Waals surface area contributed by atoms with E-state index in [1.165, 1.54) is 12.8 Å². The predicted molar refractivity (Wildman–Crippen MR) is 70.9 cm³/mol. The van der Waals surface area contributed by atoms with E-state index in [-0.39, 0.29) is 0 Å². The fourth-order valence-corrected chi connectivity index (χ4v) is 3.04. The molecule has 1 aromatic carbocycles. The van der Waals surface area contributed by atoms with E-state index >= 15 is 0 Å². The first-order valence-corrected chi connectivity index (χ1v) is 6.73. The van der Waals surface area contributed by atoms with Crippen molar-refractivity contribution in [3.05, 3.63) is 29.3 Å². The highest BCUT2D eigenvalue weighted by Crippen LogP contribution is 2.29. The molecule has 100 valence electrons. The quantitative estimate of drug-likeness (QED) is 0.831. The highest BCUT2D eigenvalue weighted by atomic mass is 16.5. The molecule has 0 aromatic heterocycles. The monoisotopic (exact) mass is 258 g/mol. The molecule has 2 atom stereocenters. The van der Waals surface area contributed by atoms with Crippen LogP contribution in [0.5, 0.6) is 5.75 Å². The van der Waals surface area contributed by atoms with E-state index in [2.05, 4.69) is 11.0 Å². The van der Waals surface area contributed by atoms with Crippen LogP contribution in [0.25, 0.3) is 0 Å². The maximum Gasteiger partial charge on any atom is 0.123 e. The normalized spacial score (nSPS) is 26.1. The Hall–Kier alpha value is -1.57. The average Bonchev–Trinajstić information content (AvgIpc) is 2.78. The van der Waals surface area contributed by atoms with E-state index in [9.17, 15) is 0 Å². The Kier molecular flexibility index (Phi) is 3.41. The van der Waals surface area contributed by atoms with Crippen LogP contribution in [0.4, 0.5) is 0 Å². The smallest absolute Gasteiger partial charge is 0.123 e. The fourth-order valence-electron chi connectivity index (χ4n) is 3.04. The zero-order chi connectivity index (χ0) is 13.2. The second-order valence-electron chi connectivity index (χ2n) is 5.29. The third-order valence-electron chi connectivity index (χ3n) is 3.92. The van der Waals surface area contributed by atoms with Crippen molar-refractivity contribution in [2.45, 2.75) is 31.6 Å². The van der Waals surface area contributed by atoms with Crippen molar-refractivity contribution >= 4 is 0 Å². The number of hydrogen-bond donors (Lipinski definition) is 0. The minimum atomic E-state index is 0.392. The molecule has 4 nitrogen and oxygen atoms in total. The van der Waals surface area contributed by atoms with Gasteiger partial charge in [0.25, 0.3) is 0 Å². The van der Waals surface area contributed by atoms with Gasteiger partial charge in [-0.1, -0.05) is 0 Å². The zero-order valence-corrected chi connectivity index (χ0v) is 11.1. The lowest BCUT2D eigenvalue weighted by Gasteiger charge is -2.32. The Morgan fingerprint density at radius 2 is 2.11 bits per heavy atom. The van der Waals surface area contributed by atoms with Crippen LogP contribution in [0.1, 0.15) is 24.0 Å². The number of fused-ring (bicyclic) bond motifs is 2. The van der Waals surface area contributed by atoms with Crippen LogP contribution in [-0.4, -0.2) is 37.3 Å². The van der Waals surface area contributed by atoms with E-state index in [1.807, 2.05) is 12.1 Å². The molecule has 2 unspecified atom stereocenters. The first-order chi connectivity index (χ1) is 9.28. The van der Waals surface area contributed by atoms with Crippen molar-refractivity contribution in [1.82, 2.24) is 4.90 Å². The molecular weight excluding hydrogens is 240 g/mol. The second-order valence-corrected chi connectivity index (χ2v) is 5.29. The zero-order valence-electron chi connectivity index (χ0n) is 11.1. The molecule has 2 heterocycles. The van der Waals surface area contributed by atoms with E-state index in [1.54, 1.807) is 13.2 Å². The van der Waals surface area contributed by atoms with E-state index < -0.39 is 0 Å². The maximum atomic E-state index is 9.00. The predicted octanol–water partition coefficient (Wildman–Crippen LogP) is 1.93. The van der Waals surface area contributed by atoms with Crippen LogP contribution in [-0.2, 0) is 11.3 Å². The minimum absolute atomic E-state index is 0.392. The Bertz CT molecular complexity index is 497. The van der Waals surface area contributed by atoms with Crippen molar-refractivity contribution in [2.75, 3.05) is 20.2 Å².